The number of aliphatic hydroxyl groups is 1. The van der Waals surface area contributed by atoms with Gasteiger partial charge in [-0.2, -0.15) is 9.65 Å². The molecule has 0 aliphatic carbocycles. The van der Waals surface area contributed by atoms with Gasteiger partial charge in [0.25, 0.3) is 5.91 Å². The quantitative estimate of drug-likeness (QED) is 0.171. The molecule has 12 nitrogen and oxygen atoms in total. The van der Waals surface area contributed by atoms with Gasteiger partial charge in [-0.1, -0.05) is 0 Å². The third kappa shape index (κ3) is 6.43. The Labute approximate surface area is 251 Å². The molecule has 0 radical (unpaired) electrons. The van der Waals surface area contributed by atoms with Gasteiger partial charge in [-0.05, 0) is 49.7 Å². The van der Waals surface area contributed by atoms with E-state index < -0.39 is 29.9 Å². The van der Waals surface area contributed by atoms with Crippen LogP contribution in [0.3, 0.4) is 0 Å². The predicted octanol–water partition coefficient (Wildman–Crippen LogP) is 2.59. The van der Waals surface area contributed by atoms with Crippen LogP contribution >= 0.6 is 0 Å². The number of nitrogens with one attached hydrogen (secondary N) is 4. The Morgan fingerprint density at radius 2 is 2.00 bits per heavy atom. The highest BCUT2D eigenvalue weighted by molar-refractivity contribution is 5.96. The number of benzene rings is 2. The lowest BCUT2D eigenvalue weighted by atomic mass is 10.0. The lowest BCUT2D eigenvalue weighted by molar-refractivity contribution is -0.123. The van der Waals surface area contributed by atoms with Gasteiger partial charge in [0.2, 0.25) is 11.7 Å². The first-order chi connectivity index (χ1) is 21.1. The summed E-state index contributed by atoms with van der Waals surface area (Å²) in [6.45, 7) is 3.84. The number of amides is 2. The highest BCUT2D eigenvalue weighted by atomic mass is 19.2. The minimum Gasteiger partial charge on any atom is -0.476 e. The van der Waals surface area contributed by atoms with Crippen LogP contribution in [0.5, 0.6) is 5.75 Å². The van der Waals surface area contributed by atoms with Crippen LogP contribution in [0.4, 0.5) is 20.3 Å². The second kappa shape index (κ2) is 12.6. The smallest absolute Gasteiger partial charge is 0.251 e. The van der Waals surface area contributed by atoms with Crippen molar-refractivity contribution in [3.8, 4) is 23.1 Å². The van der Waals surface area contributed by atoms with Crippen LogP contribution in [0.2, 0.25) is 0 Å². The van der Waals surface area contributed by atoms with E-state index in [4.69, 9.17) is 10.00 Å². The van der Waals surface area contributed by atoms with E-state index in [9.17, 15) is 23.5 Å². The van der Waals surface area contributed by atoms with Gasteiger partial charge in [-0.3, -0.25) is 14.0 Å². The Morgan fingerprint density at radius 1 is 1.20 bits per heavy atom. The van der Waals surface area contributed by atoms with Crippen molar-refractivity contribution in [1.29, 1.82) is 5.26 Å². The summed E-state index contributed by atoms with van der Waals surface area (Å²) in [5.74, 6) is -2.89. The number of imidazole rings is 1. The molecule has 2 atom stereocenters. The zero-order chi connectivity index (χ0) is 31.4. The van der Waals surface area contributed by atoms with Crippen molar-refractivity contribution >= 4 is 29.0 Å². The van der Waals surface area contributed by atoms with E-state index in [1.54, 1.807) is 48.7 Å². The number of fused-ring (bicyclic) bond motifs is 1. The SMILES string of the molecule is Cc1cc(Nc2nccn3c(-c4ccc(OCC#N)c(F)c4F)cnc23)ccc1C(=O)NCCNC(=O)C1CC(C)(O)CN1. The van der Waals surface area contributed by atoms with Gasteiger partial charge in [0.05, 0.1) is 23.5 Å². The van der Waals surface area contributed by atoms with E-state index in [0.29, 0.717) is 41.2 Å². The number of carbonyl (C=O) groups excluding carboxylic acids is 2. The molecule has 2 unspecified atom stereocenters. The van der Waals surface area contributed by atoms with Gasteiger partial charge >= 0.3 is 0 Å². The predicted molar refractivity (Wildman–Crippen MR) is 156 cm³/mol. The largest absolute Gasteiger partial charge is 0.476 e. The first kappa shape index (κ1) is 30.3. The Balaban J connectivity index is 1.23. The molecule has 4 aromatic rings. The molecule has 2 aromatic carbocycles. The highest BCUT2D eigenvalue weighted by Crippen LogP contribution is 2.32. The van der Waals surface area contributed by atoms with Crippen molar-refractivity contribution < 1.29 is 28.2 Å². The Morgan fingerprint density at radius 3 is 2.73 bits per heavy atom. The van der Waals surface area contributed by atoms with Gasteiger partial charge < -0.3 is 31.1 Å². The lowest BCUT2D eigenvalue weighted by Gasteiger charge is -2.15. The van der Waals surface area contributed by atoms with Crippen molar-refractivity contribution in [1.82, 2.24) is 30.3 Å². The Bertz CT molecular complexity index is 1770. The molecule has 1 aliphatic rings. The minimum atomic E-state index is -1.21. The normalized spacial score (nSPS) is 17.7. The van der Waals surface area contributed by atoms with Crippen LogP contribution in [0, 0.1) is 29.9 Å². The molecule has 2 aromatic heterocycles. The van der Waals surface area contributed by atoms with Crippen molar-refractivity contribution in [3.05, 3.63) is 71.7 Å². The zero-order valence-electron chi connectivity index (χ0n) is 23.9. The standard InChI is InChI=1S/C30H30F2N8O4/c1-17-13-18(3-4-19(17)28(41)35-8-9-36-29(42)21-14-30(2,43)16-38-21)39-26-27-37-15-22(40(27)11-10-34-26)20-5-6-23(44-12-7-33)25(32)24(20)31/h3-6,10-11,13,15,21,38,43H,8-9,12,14,16H2,1-2H3,(H,34,39)(H,35,41)(H,36,42). The summed E-state index contributed by atoms with van der Waals surface area (Å²) in [6, 6.07) is 8.96. The van der Waals surface area contributed by atoms with Gasteiger partial charge in [0.15, 0.2) is 29.6 Å². The molecular formula is C30H30F2N8O4. The summed E-state index contributed by atoms with van der Waals surface area (Å²) in [5, 5.41) is 30.3. The van der Waals surface area contributed by atoms with E-state index in [0.717, 1.165) is 0 Å². The number of aryl methyl sites for hydroxylation is 1. The molecule has 5 rings (SSSR count). The maximum Gasteiger partial charge on any atom is 0.251 e. The molecule has 0 spiro atoms. The van der Waals surface area contributed by atoms with Crippen LogP contribution in [-0.2, 0) is 4.79 Å². The number of rotatable bonds is 10. The third-order valence-electron chi connectivity index (χ3n) is 7.18. The Hall–Kier alpha value is -5.13. The molecule has 1 fully saturated rings. The summed E-state index contributed by atoms with van der Waals surface area (Å²) in [4.78, 5) is 33.7. The number of nitrogens with zero attached hydrogens (tertiary/aromatic N) is 4. The molecule has 5 N–H and O–H groups in total. The van der Waals surface area contributed by atoms with E-state index in [-0.39, 0.29) is 41.9 Å². The Kier molecular flexibility index (Phi) is 8.70. The maximum absolute atomic E-state index is 14.9. The topological polar surface area (TPSA) is 166 Å². The van der Waals surface area contributed by atoms with Crippen LogP contribution in [0.15, 0.2) is 48.9 Å². The fourth-order valence-corrected chi connectivity index (χ4v) is 4.98. The number of anilines is 2. The molecular weight excluding hydrogens is 574 g/mol. The van der Waals surface area contributed by atoms with Crippen LogP contribution < -0.4 is 26.0 Å². The molecule has 0 bridgehead atoms. The number of halogens is 2. The van der Waals surface area contributed by atoms with E-state index >= 15 is 0 Å². The molecule has 1 aliphatic heterocycles. The van der Waals surface area contributed by atoms with Gasteiger partial charge in [0, 0.05) is 55.3 Å². The minimum absolute atomic E-state index is 0.0504. The number of hydrogen-bond acceptors (Lipinski definition) is 9. The maximum atomic E-state index is 14.9. The zero-order valence-corrected chi connectivity index (χ0v) is 23.9. The monoisotopic (exact) mass is 604 g/mol. The lowest BCUT2D eigenvalue weighted by Crippen LogP contribution is -2.43. The second-order valence-electron chi connectivity index (χ2n) is 10.6. The molecule has 2 amide bonds. The van der Waals surface area contributed by atoms with Crippen molar-refractivity contribution in [2.24, 2.45) is 0 Å². The highest BCUT2D eigenvalue weighted by Gasteiger charge is 2.36. The van der Waals surface area contributed by atoms with Crippen LogP contribution in [0.1, 0.15) is 29.3 Å². The average molecular weight is 605 g/mol. The molecule has 0 saturated carbocycles. The van der Waals surface area contributed by atoms with Gasteiger partial charge in [-0.15, -0.1) is 0 Å². The van der Waals surface area contributed by atoms with E-state index in [1.165, 1.54) is 24.5 Å². The number of carbonyl (C=O) groups is 2. The molecule has 14 heteroatoms. The van der Waals surface area contributed by atoms with E-state index in [1.807, 2.05) is 0 Å². The summed E-state index contributed by atoms with van der Waals surface area (Å²) < 4.78 is 36.0. The molecule has 3 heterocycles. The molecule has 228 valence electrons. The second-order valence-corrected chi connectivity index (χ2v) is 10.6. The summed E-state index contributed by atoms with van der Waals surface area (Å²) in [7, 11) is 0. The fraction of sp³-hybridized carbons (Fsp3) is 0.300. The van der Waals surface area contributed by atoms with Gasteiger partial charge in [0.1, 0.15) is 6.07 Å². The average Bonchev–Trinajstić information content (AvgIpc) is 3.59. The summed E-state index contributed by atoms with van der Waals surface area (Å²) >= 11 is 0. The number of β-amino-alcohol motifs (C(OH)–C–C–N with tert-alkyl or cyclic N) is 1. The third-order valence-corrected chi connectivity index (χ3v) is 7.18. The van der Waals surface area contributed by atoms with Crippen molar-refractivity contribution in [3.63, 3.8) is 0 Å². The summed E-state index contributed by atoms with van der Waals surface area (Å²) in [5.41, 5.74) is 1.41. The van der Waals surface area contributed by atoms with Gasteiger partial charge in [-0.25, -0.2) is 14.4 Å². The first-order valence-corrected chi connectivity index (χ1v) is 13.8. The number of hydrogen-bond donors (Lipinski definition) is 5. The van der Waals surface area contributed by atoms with Crippen molar-refractivity contribution in [2.45, 2.75) is 31.9 Å². The van der Waals surface area contributed by atoms with Crippen molar-refractivity contribution in [2.75, 3.05) is 31.6 Å². The molecule has 1 saturated heterocycles. The summed E-state index contributed by atoms with van der Waals surface area (Å²) in [6.07, 6.45) is 4.77. The fourth-order valence-electron chi connectivity index (χ4n) is 4.98. The number of nitriles is 1. The van der Waals surface area contributed by atoms with Crippen LogP contribution in [-0.4, -0.2) is 69.2 Å². The number of ether oxygens (including phenoxy) is 1. The van der Waals surface area contributed by atoms with Crippen LogP contribution in [0.25, 0.3) is 16.9 Å². The molecule has 44 heavy (non-hydrogen) atoms. The number of aromatic nitrogens is 3. The first-order valence-electron chi connectivity index (χ1n) is 13.8. The van der Waals surface area contributed by atoms with E-state index in [2.05, 4.69) is 31.2 Å².